The molecule has 4 N–H and O–H groups in total. The van der Waals surface area contributed by atoms with Crippen molar-refractivity contribution < 1.29 is 19.1 Å². The van der Waals surface area contributed by atoms with Crippen molar-refractivity contribution >= 4 is 34.8 Å². The first-order valence-corrected chi connectivity index (χ1v) is 9.27. The van der Waals surface area contributed by atoms with Gasteiger partial charge in [-0.15, -0.1) is 0 Å². The number of carbonyl (C=O) groups is 3. The van der Waals surface area contributed by atoms with Gasteiger partial charge in [0.2, 0.25) is 5.91 Å². The maximum atomic E-state index is 12.6. The third-order valence-corrected chi connectivity index (χ3v) is 4.29. The van der Waals surface area contributed by atoms with E-state index in [1.54, 1.807) is 36.4 Å². The van der Waals surface area contributed by atoms with Gasteiger partial charge in [0, 0.05) is 16.9 Å². The number of hydrogen-bond acceptors (Lipinski definition) is 5. The smallest absolute Gasteiger partial charge is 0.341 e. The van der Waals surface area contributed by atoms with Crippen LogP contribution in [0.2, 0.25) is 0 Å². The van der Waals surface area contributed by atoms with E-state index in [9.17, 15) is 14.4 Å². The summed E-state index contributed by atoms with van der Waals surface area (Å²) in [6.07, 6.45) is -1.03. The molecule has 0 fully saturated rings. The second-order valence-corrected chi connectivity index (χ2v) is 6.51. The Bertz CT molecular complexity index is 1050. The number of primary amides is 1. The van der Waals surface area contributed by atoms with Crippen molar-refractivity contribution in [3.8, 4) is 0 Å². The fourth-order valence-corrected chi connectivity index (χ4v) is 2.69. The summed E-state index contributed by atoms with van der Waals surface area (Å²) in [5, 5.41) is 5.81. The molecule has 152 valence electrons. The molecule has 0 bridgehead atoms. The molecule has 7 heteroatoms. The Labute approximate surface area is 173 Å². The second kappa shape index (κ2) is 9.38. The molecule has 0 saturated heterocycles. The van der Waals surface area contributed by atoms with Gasteiger partial charge in [0.25, 0.3) is 5.91 Å². The number of nitrogens with two attached hydrogens (primary N) is 1. The average Bonchev–Trinajstić information content (AvgIpc) is 2.75. The fourth-order valence-electron chi connectivity index (χ4n) is 2.69. The minimum atomic E-state index is -1.03. The van der Waals surface area contributed by atoms with Crippen LogP contribution >= 0.6 is 0 Å². The van der Waals surface area contributed by atoms with Crippen LogP contribution < -0.4 is 16.4 Å². The highest BCUT2D eigenvalue weighted by Crippen LogP contribution is 2.22. The van der Waals surface area contributed by atoms with E-state index in [0.717, 1.165) is 5.69 Å². The molecular weight excluding hydrogens is 382 g/mol. The van der Waals surface area contributed by atoms with Gasteiger partial charge in [-0.1, -0.05) is 30.3 Å². The van der Waals surface area contributed by atoms with Crippen molar-refractivity contribution in [3.05, 3.63) is 90.0 Å². The Kier molecular flexibility index (Phi) is 6.44. The van der Waals surface area contributed by atoms with E-state index in [-0.39, 0.29) is 0 Å². The SMILES string of the molecule is C[C@H](OC(=O)c1ccccc1Nc1ccccc1)C(=O)Nc1ccc(C(N)=O)cc1. The molecule has 2 amide bonds. The number of para-hydroxylation sites is 2. The molecule has 0 heterocycles. The van der Waals surface area contributed by atoms with E-state index in [0.29, 0.717) is 22.5 Å². The number of esters is 1. The van der Waals surface area contributed by atoms with Crippen LogP contribution in [-0.4, -0.2) is 23.9 Å². The first-order valence-electron chi connectivity index (χ1n) is 9.27. The highest BCUT2D eigenvalue weighted by atomic mass is 16.5. The van der Waals surface area contributed by atoms with Gasteiger partial charge in [0.05, 0.1) is 11.3 Å². The molecule has 0 aromatic heterocycles. The number of nitrogens with one attached hydrogen (secondary N) is 2. The van der Waals surface area contributed by atoms with Gasteiger partial charge in [0.1, 0.15) is 0 Å². The van der Waals surface area contributed by atoms with Crippen LogP contribution in [0.1, 0.15) is 27.6 Å². The molecule has 0 saturated carbocycles. The molecule has 0 spiro atoms. The number of carbonyl (C=O) groups excluding carboxylic acids is 3. The van der Waals surface area contributed by atoms with E-state index in [1.807, 2.05) is 30.3 Å². The van der Waals surface area contributed by atoms with Crippen LogP contribution in [0.15, 0.2) is 78.9 Å². The van der Waals surface area contributed by atoms with Gasteiger partial charge in [-0.25, -0.2) is 4.79 Å². The largest absolute Gasteiger partial charge is 0.449 e. The van der Waals surface area contributed by atoms with Crippen molar-refractivity contribution in [1.82, 2.24) is 0 Å². The number of ether oxygens (including phenoxy) is 1. The number of hydrogen-bond donors (Lipinski definition) is 3. The summed E-state index contributed by atoms with van der Waals surface area (Å²) in [4.78, 5) is 36.1. The molecule has 1 atom stereocenters. The minimum Gasteiger partial charge on any atom is -0.449 e. The standard InChI is InChI=1S/C23H21N3O4/c1-15(22(28)26-18-13-11-16(12-14-18)21(24)27)30-23(29)19-9-5-6-10-20(19)25-17-7-3-2-4-8-17/h2-15,25H,1H3,(H2,24,27)(H,26,28)/t15-/m0/s1. The second-order valence-electron chi connectivity index (χ2n) is 6.51. The first-order chi connectivity index (χ1) is 14.4. The normalized spacial score (nSPS) is 11.2. The van der Waals surface area contributed by atoms with E-state index >= 15 is 0 Å². The summed E-state index contributed by atoms with van der Waals surface area (Å²) in [7, 11) is 0. The summed E-state index contributed by atoms with van der Waals surface area (Å²) < 4.78 is 5.35. The van der Waals surface area contributed by atoms with Gasteiger partial charge in [-0.3, -0.25) is 9.59 Å². The lowest BCUT2D eigenvalue weighted by Crippen LogP contribution is -2.30. The lowest BCUT2D eigenvalue weighted by molar-refractivity contribution is -0.123. The third-order valence-electron chi connectivity index (χ3n) is 4.29. The first kappa shape index (κ1) is 20.6. The maximum Gasteiger partial charge on any atom is 0.341 e. The highest BCUT2D eigenvalue weighted by molar-refractivity contribution is 6.00. The molecular formula is C23H21N3O4. The van der Waals surface area contributed by atoms with Crippen molar-refractivity contribution in [2.45, 2.75) is 13.0 Å². The molecule has 7 nitrogen and oxygen atoms in total. The summed E-state index contributed by atoms with van der Waals surface area (Å²) >= 11 is 0. The van der Waals surface area contributed by atoms with E-state index in [2.05, 4.69) is 10.6 Å². The van der Waals surface area contributed by atoms with E-state index < -0.39 is 23.9 Å². The quantitative estimate of drug-likeness (QED) is 0.521. The molecule has 0 aliphatic rings. The number of anilines is 3. The zero-order chi connectivity index (χ0) is 21.5. The molecule has 3 aromatic carbocycles. The number of rotatable bonds is 7. The average molecular weight is 403 g/mol. The van der Waals surface area contributed by atoms with Gasteiger partial charge in [-0.2, -0.15) is 0 Å². The monoisotopic (exact) mass is 403 g/mol. The molecule has 0 aliphatic heterocycles. The van der Waals surface area contributed by atoms with Gasteiger partial charge < -0.3 is 21.1 Å². The molecule has 0 unspecified atom stereocenters. The van der Waals surface area contributed by atoms with Crippen LogP contribution in [0.5, 0.6) is 0 Å². The topological polar surface area (TPSA) is 111 Å². The molecule has 30 heavy (non-hydrogen) atoms. The lowest BCUT2D eigenvalue weighted by atomic mass is 10.1. The predicted molar refractivity (Wildman–Crippen MR) is 115 cm³/mol. The van der Waals surface area contributed by atoms with Crippen LogP contribution in [0.3, 0.4) is 0 Å². The maximum absolute atomic E-state index is 12.6. The van der Waals surface area contributed by atoms with Crippen LogP contribution in [0.4, 0.5) is 17.1 Å². The van der Waals surface area contributed by atoms with Gasteiger partial charge in [-0.05, 0) is 55.5 Å². The van der Waals surface area contributed by atoms with Crippen molar-refractivity contribution in [1.29, 1.82) is 0 Å². The summed E-state index contributed by atoms with van der Waals surface area (Å²) in [6.45, 7) is 1.48. The fraction of sp³-hybridized carbons (Fsp3) is 0.0870. The molecule has 0 radical (unpaired) electrons. The van der Waals surface area contributed by atoms with Gasteiger partial charge in [0.15, 0.2) is 6.10 Å². The third kappa shape index (κ3) is 5.23. The Balaban J connectivity index is 1.65. The summed E-state index contributed by atoms with van der Waals surface area (Å²) in [5.74, 6) is -1.68. The van der Waals surface area contributed by atoms with E-state index in [4.69, 9.17) is 10.5 Å². The van der Waals surface area contributed by atoms with Crippen LogP contribution in [-0.2, 0) is 9.53 Å². The van der Waals surface area contributed by atoms with Crippen LogP contribution in [0.25, 0.3) is 0 Å². The molecule has 0 aliphatic carbocycles. The van der Waals surface area contributed by atoms with Gasteiger partial charge >= 0.3 is 5.97 Å². The molecule has 3 rings (SSSR count). The van der Waals surface area contributed by atoms with Crippen molar-refractivity contribution in [3.63, 3.8) is 0 Å². The lowest BCUT2D eigenvalue weighted by Gasteiger charge is -2.16. The number of amides is 2. The summed E-state index contributed by atoms with van der Waals surface area (Å²) in [5.41, 5.74) is 7.69. The predicted octanol–water partition coefficient (Wildman–Crippen LogP) is 3.71. The molecule has 3 aromatic rings. The van der Waals surface area contributed by atoms with Crippen molar-refractivity contribution in [2.24, 2.45) is 5.73 Å². The Morgan fingerprint density at radius 2 is 1.47 bits per heavy atom. The Hall–Kier alpha value is -4.13. The zero-order valence-electron chi connectivity index (χ0n) is 16.3. The van der Waals surface area contributed by atoms with E-state index in [1.165, 1.54) is 19.1 Å². The Morgan fingerprint density at radius 3 is 2.13 bits per heavy atom. The Morgan fingerprint density at radius 1 is 0.833 bits per heavy atom. The van der Waals surface area contributed by atoms with Crippen LogP contribution in [0, 0.1) is 0 Å². The minimum absolute atomic E-state index is 0.312. The van der Waals surface area contributed by atoms with Crippen molar-refractivity contribution in [2.75, 3.05) is 10.6 Å². The highest BCUT2D eigenvalue weighted by Gasteiger charge is 2.21. The number of benzene rings is 3. The zero-order valence-corrected chi connectivity index (χ0v) is 16.3. The summed E-state index contributed by atoms with van der Waals surface area (Å²) in [6, 6.07) is 22.4.